The van der Waals surface area contributed by atoms with Crippen molar-refractivity contribution >= 4 is 16.8 Å². The molecule has 4 aromatic rings. The van der Waals surface area contributed by atoms with E-state index in [4.69, 9.17) is 0 Å². The Bertz CT molecular complexity index is 1060. The van der Waals surface area contributed by atoms with Gasteiger partial charge in [-0.15, -0.1) is 0 Å². The summed E-state index contributed by atoms with van der Waals surface area (Å²) < 4.78 is 1.88. The maximum atomic E-state index is 12.4. The Labute approximate surface area is 153 Å². The summed E-state index contributed by atoms with van der Waals surface area (Å²) in [6.07, 6.45) is 1.40. The van der Waals surface area contributed by atoms with E-state index >= 15 is 0 Å². The van der Waals surface area contributed by atoms with Gasteiger partial charge < -0.3 is 0 Å². The lowest BCUT2D eigenvalue weighted by molar-refractivity contribution is 0.0912. The largest absolute Gasteiger partial charge is 0.280 e. The first kappa shape index (κ1) is 16.3. The van der Waals surface area contributed by atoms with Gasteiger partial charge in [-0.05, 0) is 31.0 Å². The van der Waals surface area contributed by atoms with Crippen molar-refractivity contribution in [2.45, 2.75) is 19.8 Å². The normalized spacial score (nSPS) is 12.6. The Morgan fingerprint density at radius 3 is 2.23 bits per heavy atom. The molecule has 1 aromatic heterocycles. The fraction of sp³-hybridized carbons (Fsp3) is 0.125. The summed E-state index contributed by atoms with van der Waals surface area (Å²) in [6, 6.07) is 28.8. The molecule has 2 heteroatoms. The van der Waals surface area contributed by atoms with Crippen LogP contribution in [0.5, 0.6) is 0 Å². The van der Waals surface area contributed by atoms with Crippen LogP contribution in [0.3, 0.4) is 0 Å². The van der Waals surface area contributed by atoms with Gasteiger partial charge in [-0.3, -0.25) is 9.36 Å². The molecule has 0 aliphatic carbocycles. The molecule has 1 aliphatic rings. The molecule has 0 N–H and O–H groups in total. The summed E-state index contributed by atoms with van der Waals surface area (Å²) in [7, 11) is 0. The third-order valence-corrected chi connectivity index (χ3v) is 4.80. The predicted molar refractivity (Wildman–Crippen MR) is 108 cm³/mol. The zero-order chi connectivity index (χ0) is 17.9. The van der Waals surface area contributed by atoms with Crippen molar-refractivity contribution in [2.24, 2.45) is 0 Å². The van der Waals surface area contributed by atoms with Crippen molar-refractivity contribution in [2.75, 3.05) is 0 Å². The molecule has 5 rings (SSSR count). The second-order valence-electron chi connectivity index (χ2n) is 6.63. The van der Waals surface area contributed by atoms with E-state index < -0.39 is 0 Å². The van der Waals surface area contributed by atoms with Crippen molar-refractivity contribution in [3.63, 3.8) is 0 Å². The lowest BCUT2D eigenvalue weighted by atomic mass is 10.0. The molecular formula is C24H21NO. The lowest BCUT2D eigenvalue weighted by Crippen LogP contribution is -2.09. The molecule has 0 spiro atoms. The number of hydrogen-bond donors (Lipinski definition) is 0. The van der Waals surface area contributed by atoms with Crippen molar-refractivity contribution in [1.82, 2.24) is 4.57 Å². The minimum absolute atomic E-state index is 0.187. The highest BCUT2D eigenvalue weighted by atomic mass is 16.2. The Morgan fingerprint density at radius 2 is 1.46 bits per heavy atom. The summed E-state index contributed by atoms with van der Waals surface area (Å²) in [5.74, 6) is 0.187. The molecule has 0 saturated carbocycles. The van der Waals surface area contributed by atoms with Crippen LogP contribution in [0.25, 0.3) is 22.2 Å². The summed E-state index contributed by atoms with van der Waals surface area (Å²) in [6.45, 7) is 2.08. The third kappa shape index (κ3) is 3.06. The maximum absolute atomic E-state index is 12.4. The number of rotatable bonds is 0. The van der Waals surface area contributed by atoms with E-state index in [1.54, 1.807) is 0 Å². The standard InChI is InChI=1S/C17H13NO.C7H8/c19-17-10-9-12-5-1-3-7-14(12)16-11-13-6-2-4-8-15(13)18(16)17;1-7-5-3-2-4-6-7/h1-8,11H,9-10H2;2-6H,1H3. The van der Waals surface area contributed by atoms with Crippen molar-refractivity contribution < 1.29 is 4.79 Å². The van der Waals surface area contributed by atoms with Gasteiger partial charge in [0.1, 0.15) is 0 Å². The number of para-hydroxylation sites is 1. The molecule has 2 heterocycles. The highest BCUT2D eigenvalue weighted by molar-refractivity contribution is 5.99. The summed E-state index contributed by atoms with van der Waals surface area (Å²) in [4.78, 5) is 12.4. The summed E-state index contributed by atoms with van der Waals surface area (Å²) in [5.41, 5.74) is 5.81. The molecule has 3 aromatic carbocycles. The second-order valence-corrected chi connectivity index (χ2v) is 6.63. The Balaban J connectivity index is 0.000000204. The van der Waals surface area contributed by atoms with Crippen molar-refractivity contribution in [1.29, 1.82) is 0 Å². The zero-order valence-electron chi connectivity index (χ0n) is 14.9. The smallest absolute Gasteiger partial charge is 0.231 e. The van der Waals surface area contributed by atoms with Crippen LogP contribution in [0.15, 0.2) is 84.9 Å². The lowest BCUT2D eigenvalue weighted by Gasteiger charge is -2.06. The third-order valence-electron chi connectivity index (χ3n) is 4.80. The zero-order valence-corrected chi connectivity index (χ0v) is 14.9. The molecule has 0 radical (unpaired) electrons. The molecule has 0 atom stereocenters. The van der Waals surface area contributed by atoms with Crippen LogP contribution < -0.4 is 0 Å². The van der Waals surface area contributed by atoms with Crippen LogP contribution in [0, 0.1) is 6.92 Å². The second kappa shape index (κ2) is 7.01. The van der Waals surface area contributed by atoms with Crippen LogP contribution in [0.2, 0.25) is 0 Å². The van der Waals surface area contributed by atoms with Crippen molar-refractivity contribution in [3.05, 3.63) is 96.1 Å². The number of hydrogen-bond acceptors (Lipinski definition) is 1. The van der Waals surface area contributed by atoms with E-state index in [0.717, 1.165) is 23.0 Å². The van der Waals surface area contributed by atoms with E-state index in [0.29, 0.717) is 6.42 Å². The van der Waals surface area contributed by atoms with Gasteiger partial charge in [-0.1, -0.05) is 78.4 Å². The predicted octanol–water partition coefficient (Wildman–Crippen LogP) is 5.89. The van der Waals surface area contributed by atoms with Crippen LogP contribution in [0.1, 0.15) is 22.3 Å². The molecule has 128 valence electrons. The highest BCUT2D eigenvalue weighted by Gasteiger charge is 2.21. The van der Waals surface area contributed by atoms with Gasteiger partial charge in [0.2, 0.25) is 5.91 Å². The van der Waals surface area contributed by atoms with Crippen LogP contribution in [-0.2, 0) is 6.42 Å². The van der Waals surface area contributed by atoms with Crippen LogP contribution in [-0.4, -0.2) is 10.5 Å². The topological polar surface area (TPSA) is 22.0 Å². The molecule has 26 heavy (non-hydrogen) atoms. The van der Waals surface area contributed by atoms with Gasteiger partial charge in [0.25, 0.3) is 0 Å². The quantitative estimate of drug-likeness (QED) is 0.391. The molecule has 0 amide bonds. The van der Waals surface area contributed by atoms with Gasteiger partial charge in [-0.2, -0.15) is 0 Å². The molecule has 0 fully saturated rings. The monoisotopic (exact) mass is 339 g/mol. The number of carbonyl (C=O) groups excluding carboxylic acids is 1. The Kier molecular flexibility index (Phi) is 4.40. The SMILES string of the molecule is Cc1ccccc1.O=C1CCc2ccccc2-c2cc3ccccc3n21. The minimum atomic E-state index is 0.187. The first-order valence-corrected chi connectivity index (χ1v) is 8.97. The van der Waals surface area contributed by atoms with Crippen molar-refractivity contribution in [3.8, 4) is 11.3 Å². The minimum Gasteiger partial charge on any atom is -0.280 e. The Hall–Kier alpha value is -3.13. The molecule has 0 unspecified atom stereocenters. The van der Waals surface area contributed by atoms with E-state index in [-0.39, 0.29) is 5.91 Å². The van der Waals surface area contributed by atoms with Gasteiger partial charge in [0.15, 0.2) is 0 Å². The first-order chi connectivity index (χ1) is 12.7. The summed E-state index contributed by atoms with van der Waals surface area (Å²) >= 11 is 0. The van der Waals surface area contributed by atoms with E-state index in [1.807, 2.05) is 53.1 Å². The first-order valence-electron chi connectivity index (χ1n) is 8.97. The Morgan fingerprint density at radius 1 is 0.769 bits per heavy atom. The number of aryl methyl sites for hydroxylation is 2. The average Bonchev–Trinajstić information content (AvgIpc) is 3.00. The molecule has 0 bridgehead atoms. The number of nitrogens with zero attached hydrogens (tertiary/aromatic N) is 1. The number of carbonyl (C=O) groups is 1. The molecule has 0 saturated heterocycles. The number of aromatic nitrogens is 1. The summed E-state index contributed by atoms with van der Waals surface area (Å²) in [5, 5.41) is 1.13. The molecule has 2 nitrogen and oxygen atoms in total. The number of fused-ring (bicyclic) bond motifs is 5. The van der Waals surface area contributed by atoms with E-state index in [1.165, 1.54) is 16.7 Å². The fourth-order valence-corrected chi connectivity index (χ4v) is 3.50. The molecular weight excluding hydrogens is 318 g/mol. The fourth-order valence-electron chi connectivity index (χ4n) is 3.50. The highest BCUT2D eigenvalue weighted by Crippen LogP contribution is 2.33. The van der Waals surface area contributed by atoms with Gasteiger partial charge in [0.05, 0.1) is 11.2 Å². The average molecular weight is 339 g/mol. The molecule has 1 aliphatic heterocycles. The van der Waals surface area contributed by atoms with E-state index in [9.17, 15) is 4.79 Å². The van der Waals surface area contributed by atoms with Gasteiger partial charge in [0, 0.05) is 17.4 Å². The van der Waals surface area contributed by atoms with Gasteiger partial charge in [-0.25, -0.2) is 0 Å². The maximum Gasteiger partial charge on any atom is 0.231 e. The number of benzene rings is 3. The van der Waals surface area contributed by atoms with Gasteiger partial charge >= 0.3 is 0 Å². The van der Waals surface area contributed by atoms with E-state index in [2.05, 4.69) is 43.3 Å². The van der Waals surface area contributed by atoms with Crippen LogP contribution in [0.4, 0.5) is 0 Å². The van der Waals surface area contributed by atoms with Crippen LogP contribution >= 0.6 is 0 Å².